The van der Waals surface area contributed by atoms with Gasteiger partial charge in [-0.15, -0.1) is 0 Å². The molecule has 1 aliphatic carbocycles. The zero-order valence-electron chi connectivity index (χ0n) is 16.7. The summed E-state index contributed by atoms with van der Waals surface area (Å²) in [5.74, 6) is -0.557. The van der Waals surface area contributed by atoms with Gasteiger partial charge in [0.1, 0.15) is 0 Å². The van der Waals surface area contributed by atoms with E-state index in [0.29, 0.717) is 16.8 Å². The minimum Gasteiger partial charge on any atom is -0.396 e. The van der Waals surface area contributed by atoms with Gasteiger partial charge < -0.3 is 21.6 Å². The van der Waals surface area contributed by atoms with Crippen molar-refractivity contribution in [2.45, 2.75) is 51.2 Å². The number of pyridine rings is 1. The maximum Gasteiger partial charge on any atom is 0.251 e. The van der Waals surface area contributed by atoms with Crippen LogP contribution in [-0.2, 0) is 0 Å². The molecule has 3 rings (SSSR count). The number of aromatic nitrogens is 1. The Morgan fingerprint density at radius 2 is 1.90 bits per heavy atom. The molecule has 0 saturated heterocycles. The van der Waals surface area contributed by atoms with Crippen LogP contribution in [0.2, 0.25) is 0 Å². The molecule has 0 aliphatic heterocycles. The molecule has 5 N–H and O–H groups in total. The lowest BCUT2D eigenvalue weighted by Gasteiger charge is -2.36. The number of nitrogens with one attached hydrogen (secondary N) is 2. The first-order valence-electron chi connectivity index (χ1n) is 9.78. The fourth-order valence-corrected chi connectivity index (χ4v) is 3.89. The highest BCUT2D eigenvalue weighted by Gasteiger charge is 2.31. The van der Waals surface area contributed by atoms with Crippen LogP contribution in [0.15, 0.2) is 30.5 Å². The largest absolute Gasteiger partial charge is 0.396 e. The molecule has 1 fully saturated rings. The Hall–Kier alpha value is -2.80. The van der Waals surface area contributed by atoms with Gasteiger partial charge in [0.15, 0.2) is 5.82 Å². The first-order valence-corrected chi connectivity index (χ1v) is 9.78. The quantitative estimate of drug-likeness (QED) is 0.577. The van der Waals surface area contributed by atoms with Crippen molar-refractivity contribution in [2.75, 3.05) is 5.73 Å². The van der Waals surface area contributed by atoms with Crippen molar-refractivity contribution in [2.24, 2.45) is 5.92 Å². The number of carbonyl (C=O) groups excluding carboxylic acids is 1. The number of amides is 1. The Bertz CT molecular complexity index is 898. The normalized spacial score (nSPS) is 19.6. The van der Waals surface area contributed by atoms with Gasteiger partial charge in [-0.1, -0.05) is 12.1 Å². The summed E-state index contributed by atoms with van der Waals surface area (Å²) >= 11 is 0. The minimum absolute atomic E-state index is 0.101. The van der Waals surface area contributed by atoms with Crippen LogP contribution in [0.1, 0.15) is 55.5 Å². The lowest BCUT2D eigenvalue weighted by molar-refractivity contribution is -0.00257. The van der Waals surface area contributed by atoms with E-state index in [1.807, 2.05) is 13.8 Å². The van der Waals surface area contributed by atoms with Gasteiger partial charge in [-0.25, -0.2) is 4.39 Å². The molecule has 1 heterocycles. The lowest BCUT2D eigenvalue weighted by Crippen LogP contribution is -2.41. The Morgan fingerprint density at radius 3 is 2.45 bits per heavy atom. The Labute approximate surface area is 169 Å². The third-order valence-corrected chi connectivity index (χ3v) is 5.74. The number of halogens is 1. The summed E-state index contributed by atoms with van der Waals surface area (Å²) in [7, 11) is 0. The minimum atomic E-state index is -0.683. The molecule has 0 bridgehead atoms. The molecule has 1 amide bonds. The highest BCUT2D eigenvalue weighted by Crippen LogP contribution is 2.32. The Morgan fingerprint density at radius 1 is 1.28 bits per heavy atom. The second-order valence-corrected chi connectivity index (χ2v) is 8.18. The predicted octanol–water partition coefficient (Wildman–Crippen LogP) is 3.53. The van der Waals surface area contributed by atoms with E-state index < -0.39 is 11.4 Å². The second-order valence-electron chi connectivity index (χ2n) is 8.18. The summed E-state index contributed by atoms with van der Waals surface area (Å²) in [5.41, 5.74) is 6.69. The molecule has 1 aliphatic rings. The van der Waals surface area contributed by atoms with E-state index in [-0.39, 0.29) is 29.1 Å². The van der Waals surface area contributed by atoms with E-state index in [9.17, 15) is 14.3 Å². The van der Waals surface area contributed by atoms with Gasteiger partial charge in [0.2, 0.25) is 0 Å². The number of hydrogen-bond acceptors (Lipinski definition) is 5. The summed E-state index contributed by atoms with van der Waals surface area (Å²) in [4.78, 5) is 16.6. The maximum atomic E-state index is 13.6. The number of aliphatic hydroxyl groups is 1. The number of benzene rings is 1. The SMILES string of the molecule is CC(C)(O)C1CCC(NC(=O)c2ccc(-c3ncc(F)c(N)c3C=N)cc2)CC1. The van der Waals surface area contributed by atoms with Crippen molar-refractivity contribution in [1.82, 2.24) is 10.3 Å². The first-order chi connectivity index (χ1) is 13.7. The fraction of sp³-hybridized carbons (Fsp3) is 0.409. The molecule has 0 unspecified atom stereocenters. The van der Waals surface area contributed by atoms with Gasteiger partial charge in [0, 0.05) is 28.9 Å². The predicted molar refractivity (Wildman–Crippen MR) is 111 cm³/mol. The average molecular weight is 398 g/mol. The van der Waals surface area contributed by atoms with Gasteiger partial charge in [0.05, 0.1) is 23.2 Å². The average Bonchev–Trinajstić information content (AvgIpc) is 2.70. The van der Waals surface area contributed by atoms with Gasteiger partial charge in [-0.05, 0) is 57.6 Å². The summed E-state index contributed by atoms with van der Waals surface area (Å²) in [6, 6.07) is 6.90. The van der Waals surface area contributed by atoms with Crippen LogP contribution in [0, 0.1) is 17.1 Å². The molecule has 1 saturated carbocycles. The fourth-order valence-electron chi connectivity index (χ4n) is 3.89. The van der Waals surface area contributed by atoms with Crippen LogP contribution in [0.5, 0.6) is 0 Å². The molecule has 0 radical (unpaired) electrons. The van der Waals surface area contributed by atoms with Crippen LogP contribution in [0.3, 0.4) is 0 Å². The molecular weight excluding hydrogens is 371 g/mol. The Balaban J connectivity index is 1.68. The lowest BCUT2D eigenvalue weighted by atomic mass is 9.77. The molecular formula is C22H27FN4O2. The van der Waals surface area contributed by atoms with Crippen LogP contribution in [-0.4, -0.2) is 33.9 Å². The molecule has 6 nitrogen and oxygen atoms in total. The summed E-state index contributed by atoms with van der Waals surface area (Å²) < 4.78 is 13.6. The number of nitrogens with zero attached hydrogens (tertiary/aromatic N) is 1. The van der Waals surface area contributed by atoms with E-state index in [2.05, 4.69) is 10.3 Å². The molecule has 0 spiro atoms. The molecule has 2 aromatic rings. The van der Waals surface area contributed by atoms with E-state index >= 15 is 0 Å². The van der Waals surface area contributed by atoms with Crippen LogP contribution in [0.4, 0.5) is 10.1 Å². The van der Waals surface area contributed by atoms with E-state index in [0.717, 1.165) is 38.1 Å². The number of hydrogen-bond donors (Lipinski definition) is 4. The molecule has 29 heavy (non-hydrogen) atoms. The monoisotopic (exact) mass is 398 g/mol. The maximum absolute atomic E-state index is 13.6. The summed E-state index contributed by atoms with van der Waals surface area (Å²) in [6.07, 6.45) is 5.47. The number of carbonyl (C=O) groups is 1. The van der Waals surface area contributed by atoms with E-state index in [1.165, 1.54) is 0 Å². The Kier molecular flexibility index (Phi) is 5.98. The van der Waals surface area contributed by atoms with Crippen LogP contribution in [0.25, 0.3) is 11.3 Å². The van der Waals surface area contributed by atoms with Crippen LogP contribution >= 0.6 is 0 Å². The molecule has 0 atom stereocenters. The summed E-state index contributed by atoms with van der Waals surface area (Å²) in [6.45, 7) is 3.68. The molecule has 7 heteroatoms. The number of rotatable bonds is 5. The molecule has 1 aromatic heterocycles. The highest BCUT2D eigenvalue weighted by molar-refractivity contribution is 5.96. The van der Waals surface area contributed by atoms with Gasteiger partial charge in [-0.2, -0.15) is 0 Å². The zero-order chi connectivity index (χ0) is 21.2. The summed E-state index contributed by atoms with van der Waals surface area (Å²) in [5, 5.41) is 20.7. The van der Waals surface area contributed by atoms with Crippen molar-refractivity contribution < 1.29 is 14.3 Å². The van der Waals surface area contributed by atoms with Crippen molar-refractivity contribution in [1.29, 1.82) is 5.41 Å². The van der Waals surface area contributed by atoms with Gasteiger partial charge >= 0.3 is 0 Å². The van der Waals surface area contributed by atoms with Crippen molar-refractivity contribution >= 4 is 17.8 Å². The zero-order valence-corrected chi connectivity index (χ0v) is 16.7. The third-order valence-electron chi connectivity index (χ3n) is 5.74. The third kappa shape index (κ3) is 4.62. The van der Waals surface area contributed by atoms with Crippen molar-refractivity contribution in [3.8, 4) is 11.3 Å². The van der Waals surface area contributed by atoms with Crippen LogP contribution < -0.4 is 11.1 Å². The van der Waals surface area contributed by atoms with Gasteiger partial charge in [-0.3, -0.25) is 9.78 Å². The number of anilines is 1. The number of nitrogens with two attached hydrogens (primary N) is 1. The first kappa shape index (κ1) is 20.9. The van der Waals surface area contributed by atoms with E-state index in [4.69, 9.17) is 11.1 Å². The molecule has 154 valence electrons. The standard InChI is InChI=1S/C22H27FN4O2/c1-22(2,29)15-7-9-16(10-8-15)27-21(28)14-5-3-13(4-6-14)20-17(11-24)19(25)18(23)12-26-20/h3-6,11-12,15-16,24,29H,7-10H2,1-2H3,(H2,25,26)(H,27,28). The van der Waals surface area contributed by atoms with Gasteiger partial charge in [0.25, 0.3) is 5.91 Å². The second kappa shape index (κ2) is 8.29. The topological polar surface area (TPSA) is 112 Å². The highest BCUT2D eigenvalue weighted by atomic mass is 19.1. The molecule has 1 aromatic carbocycles. The van der Waals surface area contributed by atoms with Crippen molar-refractivity contribution in [3.63, 3.8) is 0 Å². The van der Waals surface area contributed by atoms with Crippen molar-refractivity contribution in [3.05, 3.63) is 47.4 Å². The number of nitrogen functional groups attached to an aromatic ring is 1. The van der Waals surface area contributed by atoms with E-state index in [1.54, 1.807) is 24.3 Å². The smallest absolute Gasteiger partial charge is 0.251 e.